The Balaban J connectivity index is 1.71. The van der Waals surface area contributed by atoms with Gasteiger partial charge in [0, 0.05) is 31.9 Å². The molecule has 1 aliphatic rings. The van der Waals surface area contributed by atoms with Gasteiger partial charge in [0.15, 0.2) is 0 Å². The first-order chi connectivity index (χ1) is 10.1. The molecule has 1 saturated heterocycles. The third-order valence-electron chi connectivity index (χ3n) is 3.19. The van der Waals surface area contributed by atoms with Crippen molar-refractivity contribution in [3.05, 3.63) is 24.3 Å². The number of aliphatic hydroxyl groups excluding tert-OH is 1. The van der Waals surface area contributed by atoms with Gasteiger partial charge in [0.05, 0.1) is 19.3 Å². The molecule has 1 atom stereocenters. The smallest absolute Gasteiger partial charge is 0.387 e. The Morgan fingerprint density at radius 1 is 1.24 bits per heavy atom. The van der Waals surface area contributed by atoms with Crippen molar-refractivity contribution >= 4 is 5.69 Å². The number of nitrogens with one attached hydrogen (secondary N) is 1. The van der Waals surface area contributed by atoms with Gasteiger partial charge in [-0.2, -0.15) is 8.78 Å². The van der Waals surface area contributed by atoms with E-state index in [1.807, 2.05) is 0 Å². The summed E-state index contributed by atoms with van der Waals surface area (Å²) in [5, 5.41) is 13.0. The fraction of sp³-hybridized carbons (Fsp3) is 0.571. The molecule has 0 spiro atoms. The fourth-order valence-electron chi connectivity index (χ4n) is 2.14. The Hall–Kier alpha value is -1.44. The van der Waals surface area contributed by atoms with E-state index in [0.717, 1.165) is 18.8 Å². The SMILES string of the molecule is OC(CNc1ccc(OC(F)F)cc1)CN1CCOCC1. The van der Waals surface area contributed by atoms with Crippen LogP contribution in [0.3, 0.4) is 0 Å². The molecule has 1 aromatic rings. The van der Waals surface area contributed by atoms with Crippen LogP contribution in [-0.2, 0) is 4.74 Å². The molecule has 0 amide bonds. The van der Waals surface area contributed by atoms with Crippen LogP contribution in [0.15, 0.2) is 24.3 Å². The largest absolute Gasteiger partial charge is 0.435 e. The lowest BCUT2D eigenvalue weighted by atomic mass is 10.2. The molecule has 2 rings (SSSR count). The van der Waals surface area contributed by atoms with Gasteiger partial charge < -0.3 is 19.9 Å². The number of nitrogens with zero attached hydrogens (tertiary/aromatic N) is 1. The Kier molecular flexibility index (Phi) is 6.16. The molecule has 0 aromatic heterocycles. The van der Waals surface area contributed by atoms with Gasteiger partial charge in [-0.25, -0.2) is 0 Å². The third kappa shape index (κ3) is 5.82. The first-order valence-electron chi connectivity index (χ1n) is 6.90. The van der Waals surface area contributed by atoms with Gasteiger partial charge in [-0.1, -0.05) is 0 Å². The van der Waals surface area contributed by atoms with Crippen LogP contribution in [-0.4, -0.2) is 62.1 Å². The quantitative estimate of drug-likeness (QED) is 0.797. The molecule has 1 aromatic carbocycles. The van der Waals surface area contributed by atoms with Crippen molar-refractivity contribution in [2.45, 2.75) is 12.7 Å². The van der Waals surface area contributed by atoms with E-state index in [1.54, 1.807) is 12.1 Å². The van der Waals surface area contributed by atoms with E-state index in [1.165, 1.54) is 12.1 Å². The molecule has 21 heavy (non-hydrogen) atoms. The zero-order valence-electron chi connectivity index (χ0n) is 11.7. The third-order valence-corrected chi connectivity index (χ3v) is 3.19. The zero-order chi connectivity index (χ0) is 15.1. The number of ether oxygens (including phenoxy) is 2. The van der Waals surface area contributed by atoms with Crippen molar-refractivity contribution in [1.82, 2.24) is 4.90 Å². The summed E-state index contributed by atoms with van der Waals surface area (Å²) >= 11 is 0. The normalized spacial score (nSPS) is 17.7. The number of morpholine rings is 1. The van der Waals surface area contributed by atoms with Gasteiger partial charge in [0.1, 0.15) is 5.75 Å². The molecule has 5 nitrogen and oxygen atoms in total. The number of hydrogen-bond donors (Lipinski definition) is 2. The van der Waals surface area contributed by atoms with E-state index in [0.29, 0.717) is 26.3 Å². The maximum absolute atomic E-state index is 12.0. The first kappa shape index (κ1) is 15.9. The van der Waals surface area contributed by atoms with Gasteiger partial charge in [-0.15, -0.1) is 0 Å². The molecule has 1 heterocycles. The predicted molar refractivity (Wildman–Crippen MR) is 74.8 cm³/mol. The number of aliphatic hydroxyl groups is 1. The zero-order valence-corrected chi connectivity index (χ0v) is 11.7. The summed E-state index contributed by atoms with van der Waals surface area (Å²) in [6.45, 7) is 1.22. The second-order valence-corrected chi connectivity index (χ2v) is 4.85. The number of hydrogen-bond acceptors (Lipinski definition) is 5. The van der Waals surface area contributed by atoms with Crippen LogP contribution in [0.25, 0.3) is 0 Å². The van der Waals surface area contributed by atoms with Gasteiger partial charge >= 0.3 is 6.61 Å². The fourth-order valence-corrected chi connectivity index (χ4v) is 2.14. The lowest BCUT2D eigenvalue weighted by Crippen LogP contribution is -2.42. The van der Waals surface area contributed by atoms with E-state index in [2.05, 4.69) is 15.0 Å². The minimum Gasteiger partial charge on any atom is -0.435 e. The van der Waals surface area contributed by atoms with E-state index in [9.17, 15) is 13.9 Å². The minimum absolute atomic E-state index is 0.115. The summed E-state index contributed by atoms with van der Waals surface area (Å²) < 4.78 is 33.5. The maximum Gasteiger partial charge on any atom is 0.387 e. The first-order valence-corrected chi connectivity index (χ1v) is 6.90. The van der Waals surface area contributed by atoms with E-state index in [4.69, 9.17) is 4.74 Å². The number of alkyl halides is 2. The van der Waals surface area contributed by atoms with E-state index >= 15 is 0 Å². The Morgan fingerprint density at radius 3 is 2.52 bits per heavy atom. The standard InChI is InChI=1S/C14H20F2N2O3/c15-14(16)21-13-3-1-11(2-4-13)17-9-12(19)10-18-5-7-20-8-6-18/h1-4,12,14,17,19H,5-10H2. The molecule has 7 heteroatoms. The summed E-state index contributed by atoms with van der Waals surface area (Å²) in [4.78, 5) is 2.15. The molecule has 1 aliphatic heterocycles. The second-order valence-electron chi connectivity index (χ2n) is 4.85. The second kappa shape index (κ2) is 8.11. The number of halogens is 2. The molecule has 1 unspecified atom stereocenters. The molecule has 1 fully saturated rings. The molecule has 2 N–H and O–H groups in total. The summed E-state index contributed by atoms with van der Waals surface area (Å²) in [7, 11) is 0. The highest BCUT2D eigenvalue weighted by atomic mass is 19.3. The summed E-state index contributed by atoms with van der Waals surface area (Å²) in [5.41, 5.74) is 0.748. The summed E-state index contributed by atoms with van der Waals surface area (Å²) in [5.74, 6) is 0.115. The van der Waals surface area contributed by atoms with Gasteiger partial charge in [0.25, 0.3) is 0 Å². The Bertz CT molecular complexity index is 411. The average Bonchev–Trinajstić information content (AvgIpc) is 2.47. The van der Waals surface area contributed by atoms with Crippen molar-refractivity contribution in [1.29, 1.82) is 0 Å². The molecule has 0 radical (unpaired) electrons. The van der Waals surface area contributed by atoms with Crippen molar-refractivity contribution < 1.29 is 23.4 Å². The van der Waals surface area contributed by atoms with Gasteiger partial charge in [0.2, 0.25) is 0 Å². The number of rotatable bonds is 7. The molecular weight excluding hydrogens is 282 g/mol. The molecule has 118 valence electrons. The molecular formula is C14H20F2N2O3. The Labute approximate surface area is 122 Å². The topological polar surface area (TPSA) is 54.0 Å². The van der Waals surface area contributed by atoms with E-state index < -0.39 is 12.7 Å². The van der Waals surface area contributed by atoms with Crippen LogP contribution in [0.5, 0.6) is 5.75 Å². The van der Waals surface area contributed by atoms with Crippen LogP contribution in [0, 0.1) is 0 Å². The van der Waals surface area contributed by atoms with Crippen LogP contribution in [0.4, 0.5) is 14.5 Å². The maximum atomic E-state index is 12.0. The lowest BCUT2D eigenvalue weighted by molar-refractivity contribution is -0.0498. The van der Waals surface area contributed by atoms with Crippen molar-refractivity contribution in [2.75, 3.05) is 44.7 Å². The van der Waals surface area contributed by atoms with Crippen LogP contribution in [0.2, 0.25) is 0 Å². The van der Waals surface area contributed by atoms with Crippen LogP contribution in [0.1, 0.15) is 0 Å². The number of anilines is 1. The highest BCUT2D eigenvalue weighted by Gasteiger charge is 2.14. The predicted octanol–water partition coefficient (Wildman–Crippen LogP) is 1.39. The molecule has 0 bridgehead atoms. The number of benzene rings is 1. The average molecular weight is 302 g/mol. The van der Waals surface area contributed by atoms with Crippen LogP contribution < -0.4 is 10.1 Å². The Morgan fingerprint density at radius 2 is 1.90 bits per heavy atom. The van der Waals surface area contributed by atoms with Crippen molar-refractivity contribution in [3.8, 4) is 5.75 Å². The molecule has 0 saturated carbocycles. The monoisotopic (exact) mass is 302 g/mol. The minimum atomic E-state index is -2.82. The summed E-state index contributed by atoms with van der Waals surface area (Å²) in [6, 6.07) is 6.20. The number of β-amino-alcohol motifs (C(OH)–C–C–N with tert-alkyl or cyclic N) is 1. The highest BCUT2D eigenvalue weighted by Crippen LogP contribution is 2.17. The molecule has 0 aliphatic carbocycles. The van der Waals surface area contributed by atoms with Crippen LogP contribution >= 0.6 is 0 Å². The van der Waals surface area contributed by atoms with Gasteiger partial charge in [-0.05, 0) is 24.3 Å². The van der Waals surface area contributed by atoms with Crippen molar-refractivity contribution in [2.24, 2.45) is 0 Å². The van der Waals surface area contributed by atoms with Gasteiger partial charge in [-0.3, -0.25) is 4.90 Å². The van der Waals surface area contributed by atoms with E-state index in [-0.39, 0.29) is 5.75 Å². The lowest BCUT2D eigenvalue weighted by Gasteiger charge is -2.28. The van der Waals surface area contributed by atoms with Crippen molar-refractivity contribution in [3.63, 3.8) is 0 Å². The summed E-state index contributed by atoms with van der Waals surface area (Å²) in [6.07, 6.45) is -0.500. The highest BCUT2D eigenvalue weighted by molar-refractivity contribution is 5.46.